The Bertz CT molecular complexity index is 1120. The Morgan fingerprint density at radius 1 is 1.29 bits per heavy atom. The molecular weight excluding hydrogens is 438 g/mol. The molecule has 3 aromatic rings. The average molecular weight is 462 g/mol. The van der Waals surface area contributed by atoms with Crippen LogP contribution in [0.1, 0.15) is 6.92 Å². The highest BCUT2D eigenvalue weighted by Crippen LogP contribution is 2.30. The summed E-state index contributed by atoms with van der Waals surface area (Å²) in [4.78, 5) is 21.8. The number of aliphatic hydroxyl groups excluding tert-OH is 1. The number of aliphatic hydroxyl groups is 1. The van der Waals surface area contributed by atoms with Crippen LogP contribution in [0.2, 0.25) is 0 Å². The van der Waals surface area contributed by atoms with Crippen molar-refractivity contribution in [3.63, 3.8) is 0 Å². The van der Waals surface area contributed by atoms with E-state index < -0.39 is 15.8 Å². The van der Waals surface area contributed by atoms with Gasteiger partial charge in [-0.15, -0.1) is 11.3 Å². The smallest absolute Gasteiger partial charge is 0.418 e. The van der Waals surface area contributed by atoms with Crippen molar-refractivity contribution in [3.8, 4) is 10.4 Å². The minimum Gasteiger partial charge on any atom is -0.449 e. The van der Waals surface area contributed by atoms with E-state index in [2.05, 4.69) is 31.2 Å². The van der Waals surface area contributed by atoms with Crippen molar-refractivity contribution in [2.24, 2.45) is 0 Å². The van der Waals surface area contributed by atoms with E-state index >= 15 is 0 Å². The van der Waals surface area contributed by atoms with Crippen molar-refractivity contribution in [3.05, 3.63) is 48.0 Å². The van der Waals surface area contributed by atoms with Gasteiger partial charge in [0.15, 0.2) is 0 Å². The van der Waals surface area contributed by atoms with Crippen LogP contribution in [0.3, 0.4) is 0 Å². The molecule has 0 spiro atoms. The minimum atomic E-state index is -3.04. The quantitative estimate of drug-likeness (QED) is 0.358. The third kappa shape index (κ3) is 5.94. The van der Waals surface area contributed by atoms with Gasteiger partial charge in [0.2, 0.25) is 5.95 Å². The standard InChI is InChI=1S/C20H23N5O4S2/c1-3-29-20(27)25-31(2,28)15-8-6-14(7-9-15)23-19-22-13-16(17-5-4-12-30-17)18(24-19)21-10-11-26/h4-9,12-13,26H,2-3,10-11H2,1H3,(H,25,27,28)(H2,21,22,23,24). The van der Waals surface area contributed by atoms with E-state index in [1.54, 1.807) is 48.7 Å². The van der Waals surface area contributed by atoms with E-state index in [0.29, 0.717) is 28.9 Å². The number of amides is 1. The van der Waals surface area contributed by atoms with Gasteiger partial charge in [0.1, 0.15) is 5.82 Å². The van der Waals surface area contributed by atoms with Gasteiger partial charge in [-0.2, -0.15) is 4.98 Å². The predicted molar refractivity (Wildman–Crippen MR) is 124 cm³/mol. The molecule has 0 saturated heterocycles. The van der Waals surface area contributed by atoms with Crippen LogP contribution in [0.15, 0.2) is 52.9 Å². The molecule has 0 radical (unpaired) electrons. The first-order valence-electron chi connectivity index (χ1n) is 9.37. The van der Waals surface area contributed by atoms with E-state index in [4.69, 9.17) is 9.84 Å². The monoisotopic (exact) mass is 461 g/mol. The average Bonchev–Trinajstić information content (AvgIpc) is 3.27. The molecule has 4 N–H and O–H groups in total. The summed E-state index contributed by atoms with van der Waals surface area (Å²) >= 11 is 1.57. The van der Waals surface area contributed by atoms with Crippen LogP contribution in [-0.4, -0.2) is 51.0 Å². The van der Waals surface area contributed by atoms with Gasteiger partial charge in [0.25, 0.3) is 0 Å². The molecule has 0 aliphatic rings. The van der Waals surface area contributed by atoms with Crippen LogP contribution in [0.5, 0.6) is 0 Å². The molecule has 0 fully saturated rings. The number of aromatic nitrogens is 2. The van der Waals surface area contributed by atoms with Crippen LogP contribution >= 0.6 is 11.3 Å². The number of anilines is 3. The molecule has 1 aromatic carbocycles. The number of hydrogen-bond acceptors (Lipinski definition) is 9. The van der Waals surface area contributed by atoms with E-state index in [1.165, 1.54) is 0 Å². The lowest BCUT2D eigenvalue weighted by molar-refractivity contribution is 0.159. The molecule has 0 aliphatic carbocycles. The van der Waals surface area contributed by atoms with Crippen LogP contribution in [0.25, 0.3) is 10.4 Å². The Hall–Kier alpha value is -3.15. The Morgan fingerprint density at radius 2 is 2.06 bits per heavy atom. The number of nitrogens with one attached hydrogen (secondary N) is 3. The molecule has 3 rings (SSSR count). The van der Waals surface area contributed by atoms with Gasteiger partial charge in [-0.1, -0.05) is 6.07 Å². The Morgan fingerprint density at radius 3 is 2.71 bits per heavy atom. The normalized spacial score (nSPS) is 12.6. The largest absolute Gasteiger partial charge is 0.449 e. The summed E-state index contributed by atoms with van der Waals surface area (Å²) < 4.78 is 19.7. The summed E-state index contributed by atoms with van der Waals surface area (Å²) in [6.45, 7) is 2.16. The zero-order valence-corrected chi connectivity index (χ0v) is 18.5. The predicted octanol–water partition coefficient (Wildman–Crippen LogP) is 3.09. The second-order valence-electron chi connectivity index (χ2n) is 6.23. The summed E-state index contributed by atoms with van der Waals surface area (Å²) in [7, 11) is -3.04. The zero-order chi connectivity index (χ0) is 22.3. The lowest BCUT2D eigenvalue weighted by Crippen LogP contribution is -2.30. The van der Waals surface area contributed by atoms with Gasteiger partial charge in [0, 0.05) is 28.2 Å². The Kier molecular flexibility index (Phi) is 7.45. The van der Waals surface area contributed by atoms with E-state index in [9.17, 15) is 9.00 Å². The van der Waals surface area contributed by atoms with Crippen LogP contribution in [0.4, 0.5) is 22.2 Å². The third-order valence-corrected chi connectivity index (χ3v) is 6.43. The lowest BCUT2D eigenvalue weighted by Gasteiger charge is -2.13. The number of carbonyl (C=O) groups is 1. The first-order valence-corrected chi connectivity index (χ1v) is 12.0. The first kappa shape index (κ1) is 22.5. The molecular formula is C20H23N5O4S2. The molecule has 1 unspecified atom stereocenters. The zero-order valence-electron chi connectivity index (χ0n) is 16.8. The fourth-order valence-electron chi connectivity index (χ4n) is 2.60. The summed E-state index contributed by atoms with van der Waals surface area (Å²) in [6.07, 6.45) is 0.924. The van der Waals surface area contributed by atoms with Gasteiger partial charge in [-0.3, -0.25) is 0 Å². The number of hydrogen-bond donors (Lipinski definition) is 4. The van der Waals surface area contributed by atoms with E-state index in [-0.39, 0.29) is 13.2 Å². The van der Waals surface area contributed by atoms with Crippen molar-refractivity contribution in [1.82, 2.24) is 14.7 Å². The number of thiophene rings is 1. The fraction of sp³-hybridized carbons (Fsp3) is 0.200. The molecule has 31 heavy (non-hydrogen) atoms. The summed E-state index contributed by atoms with van der Waals surface area (Å²) in [5.74, 6) is 4.55. The number of nitrogens with zero attached hydrogens (tertiary/aromatic N) is 2. The third-order valence-electron chi connectivity index (χ3n) is 3.99. The van der Waals surface area contributed by atoms with Crippen molar-refractivity contribution in [2.45, 2.75) is 11.8 Å². The summed E-state index contributed by atoms with van der Waals surface area (Å²) in [5, 5.41) is 17.3. The maximum Gasteiger partial charge on any atom is 0.418 e. The molecule has 1 atom stereocenters. The Balaban J connectivity index is 1.77. The Labute approximate surface area is 184 Å². The van der Waals surface area contributed by atoms with Gasteiger partial charge < -0.3 is 20.5 Å². The first-order chi connectivity index (χ1) is 14.9. The molecule has 0 saturated carbocycles. The molecule has 1 amide bonds. The number of carbonyl (C=O) groups excluding carboxylic acids is 1. The maximum atomic E-state index is 12.6. The minimum absolute atomic E-state index is 0.0255. The fourth-order valence-corrected chi connectivity index (χ4v) is 4.36. The molecule has 164 valence electrons. The molecule has 0 bridgehead atoms. The SMILES string of the molecule is C=S(=O)(NC(=O)OCC)c1ccc(Nc2ncc(-c3cccs3)c(NCCO)n2)cc1. The van der Waals surface area contributed by atoms with Gasteiger partial charge in [-0.05, 0) is 48.5 Å². The second kappa shape index (κ2) is 10.2. The highest BCUT2D eigenvalue weighted by Gasteiger charge is 2.13. The van der Waals surface area contributed by atoms with Gasteiger partial charge in [0.05, 0.1) is 28.5 Å². The van der Waals surface area contributed by atoms with Crippen molar-refractivity contribution in [2.75, 3.05) is 30.4 Å². The van der Waals surface area contributed by atoms with Crippen molar-refractivity contribution >= 4 is 50.5 Å². The molecule has 2 heterocycles. The van der Waals surface area contributed by atoms with Gasteiger partial charge >= 0.3 is 6.09 Å². The molecule has 9 nitrogen and oxygen atoms in total. The topological polar surface area (TPSA) is 125 Å². The highest BCUT2D eigenvalue weighted by atomic mass is 32.2. The van der Waals surface area contributed by atoms with Crippen LogP contribution < -0.4 is 15.4 Å². The number of rotatable bonds is 9. The van der Waals surface area contributed by atoms with Crippen LogP contribution in [0, 0.1) is 0 Å². The number of ether oxygens (including phenoxy) is 1. The highest BCUT2D eigenvalue weighted by molar-refractivity contribution is 7.99. The van der Waals surface area contributed by atoms with E-state index in [0.717, 1.165) is 10.4 Å². The summed E-state index contributed by atoms with van der Waals surface area (Å²) in [6, 6.07) is 10.5. The van der Waals surface area contributed by atoms with Crippen molar-refractivity contribution in [1.29, 1.82) is 0 Å². The summed E-state index contributed by atoms with van der Waals surface area (Å²) in [5.41, 5.74) is 1.50. The molecule has 0 aliphatic heterocycles. The van der Waals surface area contributed by atoms with Crippen LogP contribution in [-0.2, 0) is 14.4 Å². The lowest BCUT2D eigenvalue weighted by atomic mass is 10.2. The second-order valence-corrected chi connectivity index (χ2v) is 9.20. The maximum absolute atomic E-state index is 12.6. The van der Waals surface area contributed by atoms with Crippen molar-refractivity contribution < 1.29 is 18.8 Å². The number of benzene rings is 1. The molecule has 2 aromatic heterocycles. The van der Waals surface area contributed by atoms with E-state index in [1.807, 2.05) is 17.5 Å². The van der Waals surface area contributed by atoms with Gasteiger partial charge in [-0.25, -0.2) is 18.7 Å². The molecule has 11 heteroatoms.